The van der Waals surface area contributed by atoms with Crippen LogP contribution in [0.4, 0.5) is 4.79 Å². The summed E-state index contributed by atoms with van der Waals surface area (Å²) in [5, 5.41) is 8.90. The fraction of sp³-hybridized carbons (Fsp3) is 0.467. The molecule has 6 heteroatoms. The maximum absolute atomic E-state index is 11.9. The molecular formula is C15H19N3O3. The van der Waals surface area contributed by atoms with Gasteiger partial charge in [-0.1, -0.05) is 12.1 Å². The highest BCUT2D eigenvalue weighted by atomic mass is 16.4. The number of rotatable bonds is 3. The summed E-state index contributed by atoms with van der Waals surface area (Å²) >= 11 is 0. The Morgan fingerprint density at radius 1 is 1.24 bits per heavy atom. The topological polar surface area (TPSA) is 64.1 Å². The van der Waals surface area contributed by atoms with Crippen molar-refractivity contribution in [3.05, 3.63) is 35.4 Å². The standard InChI is InChI=1S/C15H19N3O3/c1-16-9-13-10-17(6-7-18(13)15(16)21)8-11-2-4-12(5-3-11)14(19)20/h2-5,13H,6-10H2,1H3,(H,19,20)/t13-/m0/s1. The molecule has 2 aliphatic heterocycles. The smallest absolute Gasteiger partial charge is 0.335 e. The third kappa shape index (κ3) is 2.71. The lowest BCUT2D eigenvalue weighted by Crippen LogP contribution is -2.51. The molecule has 0 bridgehead atoms. The van der Waals surface area contributed by atoms with Crippen molar-refractivity contribution < 1.29 is 14.7 Å². The summed E-state index contributed by atoms with van der Waals surface area (Å²) in [6.07, 6.45) is 0. The fourth-order valence-electron chi connectivity index (χ4n) is 3.10. The molecule has 6 nitrogen and oxygen atoms in total. The van der Waals surface area contributed by atoms with Gasteiger partial charge < -0.3 is 14.9 Å². The molecular weight excluding hydrogens is 270 g/mol. The minimum absolute atomic E-state index is 0.130. The number of hydrogen-bond donors (Lipinski definition) is 1. The number of piperazine rings is 1. The van der Waals surface area contributed by atoms with Gasteiger partial charge in [-0.05, 0) is 17.7 Å². The third-order valence-corrected chi connectivity index (χ3v) is 4.23. The first-order valence-electron chi connectivity index (χ1n) is 7.11. The molecule has 0 saturated carbocycles. The Bertz CT molecular complexity index is 558. The molecule has 1 N–H and O–H groups in total. The monoisotopic (exact) mass is 289 g/mol. The van der Waals surface area contributed by atoms with Gasteiger partial charge in [0.15, 0.2) is 0 Å². The molecule has 2 fully saturated rings. The number of carbonyl (C=O) groups is 2. The highest BCUT2D eigenvalue weighted by molar-refractivity contribution is 5.87. The van der Waals surface area contributed by atoms with Crippen LogP contribution in [0.15, 0.2) is 24.3 Å². The van der Waals surface area contributed by atoms with Crippen molar-refractivity contribution in [2.24, 2.45) is 0 Å². The van der Waals surface area contributed by atoms with Gasteiger partial charge in [-0.3, -0.25) is 4.90 Å². The zero-order chi connectivity index (χ0) is 15.0. The maximum atomic E-state index is 11.9. The Labute approximate surface area is 123 Å². The zero-order valence-corrected chi connectivity index (χ0v) is 12.0. The van der Waals surface area contributed by atoms with Gasteiger partial charge in [0.2, 0.25) is 0 Å². The summed E-state index contributed by atoms with van der Waals surface area (Å²) in [5.41, 5.74) is 1.41. The fourth-order valence-corrected chi connectivity index (χ4v) is 3.10. The highest BCUT2D eigenvalue weighted by Crippen LogP contribution is 2.20. The van der Waals surface area contributed by atoms with E-state index in [-0.39, 0.29) is 12.1 Å². The molecule has 3 rings (SSSR count). The van der Waals surface area contributed by atoms with Crippen molar-refractivity contribution >= 4 is 12.0 Å². The van der Waals surface area contributed by atoms with Crippen LogP contribution in [0.3, 0.4) is 0 Å². The molecule has 2 aliphatic rings. The number of fused-ring (bicyclic) bond motifs is 1. The minimum Gasteiger partial charge on any atom is -0.478 e. The molecule has 0 radical (unpaired) electrons. The number of benzene rings is 1. The average molecular weight is 289 g/mol. The van der Waals surface area contributed by atoms with Crippen molar-refractivity contribution in [3.63, 3.8) is 0 Å². The predicted octanol–water partition coefficient (Wildman–Crippen LogP) is 0.936. The number of carbonyl (C=O) groups excluding carboxylic acids is 1. The van der Waals surface area contributed by atoms with E-state index in [9.17, 15) is 9.59 Å². The van der Waals surface area contributed by atoms with Crippen LogP contribution >= 0.6 is 0 Å². The number of aromatic carboxylic acids is 1. The van der Waals surface area contributed by atoms with Crippen LogP contribution in [0, 0.1) is 0 Å². The molecule has 1 aromatic carbocycles. The Morgan fingerprint density at radius 3 is 2.62 bits per heavy atom. The van der Waals surface area contributed by atoms with Gasteiger partial charge in [-0.15, -0.1) is 0 Å². The Kier molecular flexibility index (Phi) is 3.55. The predicted molar refractivity (Wildman–Crippen MR) is 77.2 cm³/mol. The number of carboxylic acids is 1. The number of urea groups is 1. The molecule has 21 heavy (non-hydrogen) atoms. The van der Waals surface area contributed by atoms with E-state index < -0.39 is 5.97 Å². The van der Waals surface area contributed by atoms with Gasteiger partial charge in [0, 0.05) is 39.8 Å². The molecule has 2 heterocycles. The minimum atomic E-state index is -0.900. The van der Waals surface area contributed by atoms with Gasteiger partial charge in [0.25, 0.3) is 0 Å². The zero-order valence-electron chi connectivity index (χ0n) is 12.0. The van der Waals surface area contributed by atoms with Crippen molar-refractivity contribution in [1.82, 2.24) is 14.7 Å². The van der Waals surface area contributed by atoms with Gasteiger partial charge in [-0.2, -0.15) is 0 Å². The van der Waals surface area contributed by atoms with Gasteiger partial charge >= 0.3 is 12.0 Å². The first kappa shape index (κ1) is 13.9. The molecule has 2 saturated heterocycles. The summed E-state index contributed by atoms with van der Waals surface area (Å²) in [5.74, 6) is -0.900. The van der Waals surface area contributed by atoms with Crippen LogP contribution in [0.25, 0.3) is 0 Å². The highest BCUT2D eigenvalue weighted by Gasteiger charge is 2.38. The average Bonchev–Trinajstić information content (AvgIpc) is 2.74. The second-order valence-corrected chi connectivity index (χ2v) is 5.75. The molecule has 0 unspecified atom stereocenters. The van der Waals surface area contributed by atoms with E-state index in [1.165, 1.54) is 0 Å². The SMILES string of the molecule is CN1C[C@H]2CN(Cc3ccc(C(=O)O)cc3)CCN2C1=O. The Hall–Kier alpha value is -2.08. The van der Waals surface area contributed by atoms with Crippen LogP contribution in [-0.2, 0) is 6.54 Å². The lowest BCUT2D eigenvalue weighted by Gasteiger charge is -2.36. The van der Waals surface area contributed by atoms with Crippen molar-refractivity contribution in [1.29, 1.82) is 0 Å². The largest absolute Gasteiger partial charge is 0.478 e. The number of likely N-dealkylation sites (N-methyl/N-ethyl adjacent to an activating group) is 1. The van der Waals surface area contributed by atoms with E-state index in [4.69, 9.17) is 5.11 Å². The van der Waals surface area contributed by atoms with Crippen molar-refractivity contribution in [2.75, 3.05) is 33.2 Å². The normalized spacial score (nSPS) is 22.5. The van der Waals surface area contributed by atoms with E-state index in [0.29, 0.717) is 5.56 Å². The van der Waals surface area contributed by atoms with Crippen LogP contribution in [0.1, 0.15) is 15.9 Å². The Morgan fingerprint density at radius 2 is 1.95 bits per heavy atom. The number of amides is 2. The number of nitrogens with zero attached hydrogens (tertiary/aromatic N) is 3. The summed E-state index contributed by atoms with van der Waals surface area (Å²) in [6, 6.07) is 7.41. The third-order valence-electron chi connectivity index (χ3n) is 4.23. The second-order valence-electron chi connectivity index (χ2n) is 5.75. The quantitative estimate of drug-likeness (QED) is 0.899. The summed E-state index contributed by atoms with van der Waals surface area (Å²) < 4.78 is 0. The molecule has 2 amide bonds. The van der Waals surface area contributed by atoms with Crippen molar-refractivity contribution in [3.8, 4) is 0 Å². The van der Waals surface area contributed by atoms with E-state index in [0.717, 1.165) is 38.3 Å². The number of hydrogen-bond acceptors (Lipinski definition) is 3. The van der Waals surface area contributed by atoms with Crippen molar-refractivity contribution in [2.45, 2.75) is 12.6 Å². The maximum Gasteiger partial charge on any atom is 0.335 e. The van der Waals surface area contributed by atoms with E-state index in [1.807, 2.05) is 24.1 Å². The molecule has 0 aromatic heterocycles. The van der Waals surface area contributed by atoms with Crippen LogP contribution < -0.4 is 0 Å². The van der Waals surface area contributed by atoms with E-state index in [1.54, 1.807) is 17.0 Å². The number of carboxylic acid groups (broad SMARTS) is 1. The second kappa shape index (κ2) is 5.37. The molecule has 112 valence electrons. The lowest BCUT2D eigenvalue weighted by molar-refractivity contribution is 0.0697. The van der Waals surface area contributed by atoms with Crippen LogP contribution in [0.5, 0.6) is 0 Å². The van der Waals surface area contributed by atoms with Crippen LogP contribution in [-0.4, -0.2) is 71.1 Å². The molecule has 1 atom stereocenters. The van der Waals surface area contributed by atoms with Gasteiger partial charge in [0.05, 0.1) is 11.6 Å². The molecule has 1 aromatic rings. The first-order valence-corrected chi connectivity index (χ1v) is 7.11. The van der Waals surface area contributed by atoms with Gasteiger partial charge in [0.1, 0.15) is 0 Å². The molecule has 0 spiro atoms. The molecule has 0 aliphatic carbocycles. The summed E-state index contributed by atoms with van der Waals surface area (Å²) in [7, 11) is 1.84. The van der Waals surface area contributed by atoms with E-state index >= 15 is 0 Å². The van der Waals surface area contributed by atoms with Crippen LogP contribution in [0.2, 0.25) is 0 Å². The summed E-state index contributed by atoms with van der Waals surface area (Å²) in [4.78, 5) is 28.8. The first-order chi connectivity index (χ1) is 10.0. The van der Waals surface area contributed by atoms with E-state index in [2.05, 4.69) is 4.90 Å². The Balaban J connectivity index is 1.62. The van der Waals surface area contributed by atoms with Gasteiger partial charge in [-0.25, -0.2) is 9.59 Å². The summed E-state index contributed by atoms with van der Waals surface area (Å²) in [6.45, 7) is 4.07. The lowest BCUT2D eigenvalue weighted by atomic mass is 10.1.